The second kappa shape index (κ2) is 9.09. The summed E-state index contributed by atoms with van der Waals surface area (Å²) in [5, 5.41) is 6.21. The van der Waals surface area contributed by atoms with Gasteiger partial charge in [0.25, 0.3) is 5.91 Å². The molecule has 170 valence electrons. The molecular weight excluding hydrogens is 454 g/mol. The summed E-state index contributed by atoms with van der Waals surface area (Å²) in [5.74, 6) is 0.243. The molecule has 0 saturated carbocycles. The molecule has 2 heterocycles. The fourth-order valence-corrected chi connectivity index (χ4v) is 5.62. The van der Waals surface area contributed by atoms with E-state index in [1.54, 1.807) is 30.3 Å². The molecule has 2 aliphatic rings. The number of halogens is 1. The molecular formula is C22H24ClN3O5S. The summed E-state index contributed by atoms with van der Waals surface area (Å²) >= 11 is 6.00. The van der Waals surface area contributed by atoms with Crippen molar-refractivity contribution < 1.29 is 22.7 Å². The maximum absolute atomic E-state index is 12.9. The van der Waals surface area contributed by atoms with Gasteiger partial charge in [-0.25, -0.2) is 8.42 Å². The number of ether oxygens (including phenoxy) is 1. The fraction of sp³-hybridized carbons (Fsp3) is 0.364. The maximum atomic E-state index is 12.9. The van der Waals surface area contributed by atoms with Crippen molar-refractivity contribution in [3.8, 4) is 5.75 Å². The van der Waals surface area contributed by atoms with Gasteiger partial charge in [0.05, 0.1) is 4.90 Å². The van der Waals surface area contributed by atoms with E-state index in [1.807, 2.05) is 0 Å². The van der Waals surface area contributed by atoms with E-state index < -0.39 is 16.1 Å². The Labute approximate surface area is 191 Å². The normalized spacial score (nSPS) is 19.1. The van der Waals surface area contributed by atoms with Crippen molar-refractivity contribution in [3.05, 3.63) is 53.1 Å². The van der Waals surface area contributed by atoms with Crippen molar-refractivity contribution >= 4 is 39.1 Å². The molecule has 1 unspecified atom stereocenters. The van der Waals surface area contributed by atoms with Crippen molar-refractivity contribution in [1.29, 1.82) is 0 Å². The number of nitrogens with one attached hydrogen (secondary N) is 2. The van der Waals surface area contributed by atoms with E-state index in [9.17, 15) is 18.0 Å². The molecule has 32 heavy (non-hydrogen) atoms. The van der Waals surface area contributed by atoms with Gasteiger partial charge in [0.2, 0.25) is 15.9 Å². The number of rotatable bonds is 5. The number of sulfonamides is 1. The molecule has 0 spiro atoms. The van der Waals surface area contributed by atoms with Crippen LogP contribution in [0.1, 0.15) is 25.3 Å². The van der Waals surface area contributed by atoms with Crippen LogP contribution in [0.4, 0.5) is 5.69 Å². The summed E-state index contributed by atoms with van der Waals surface area (Å²) in [6.07, 6.45) is 0.886. The average Bonchev–Trinajstić information content (AvgIpc) is 3.17. The highest BCUT2D eigenvalue weighted by Gasteiger charge is 2.33. The molecule has 0 bridgehead atoms. The van der Waals surface area contributed by atoms with Crippen LogP contribution in [-0.4, -0.2) is 49.8 Å². The van der Waals surface area contributed by atoms with Gasteiger partial charge >= 0.3 is 0 Å². The zero-order chi connectivity index (χ0) is 22.9. The molecule has 2 aliphatic heterocycles. The van der Waals surface area contributed by atoms with Gasteiger partial charge < -0.3 is 15.4 Å². The van der Waals surface area contributed by atoms with Crippen LogP contribution in [0.3, 0.4) is 0 Å². The highest BCUT2D eigenvalue weighted by molar-refractivity contribution is 7.89. The largest absolute Gasteiger partial charge is 0.480 e. The number of carbonyl (C=O) groups is 2. The Kier molecular flexibility index (Phi) is 6.41. The second-order valence-corrected chi connectivity index (χ2v) is 10.3. The van der Waals surface area contributed by atoms with E-state index in [-0.39, 0.29) is 22.8 Å². The van der Waals surface area contributed by atoms with Gasteiger partial charge in [-0.15, -0.1) is 0 Å². The van der Waals surface area contributed by atoms with Crippen molar-refractivity contribution in [2.75, 3.05) is 18.4 Å². The van der Waals surface area contributed by atoms with Crippen LogP contribution in [-0.2, 0) is 26.0 Å². The Morgan fingerprint density at radius 3 is 2.44 bits per heavy atom. The van der Waals surface area contributed by atoms with E-state index in [4.69, 9.17) is 16.3 Å². The lowest BCUT2D eigenvalue weighted by Gasteiger charge is -2.32. The summed E-state index contributed by atoms with van der Waals surface area (Å²) in [6, 6.07) is 11.3. The Bertz CT molecular complexity index is 1130. The van der Waals surface area contributed by atoms with Crippen LogP contribution in [0.5, 0.6) is 5.75 Å². The minimum Gasteiger partial charge on any atom is -0.480 e. The summed E-state index contributed by atoms with van der Waals surface area (Å²) in [6.45, 7) is 2.00. The minimum absolute atomic E-state index is 0.119. The van der Waals surface area contributed by atoms with Crippen LogP contribution in [0.25, 0.3) is 0 Å². The molecule has 0 aliphatic carbocycles. The van der Waals surface area contributed by atoms with Crippen LogP contribution < -0.4 is 15.4 Å². The van der Waals surface area contributed by atoms with Crippen LogP contribution >= 0.6 is 11.6 Å². The lowest BCUT2D eigenvalue weighted by Crippen LogP contribution is -2.49. The number of anilines is 1. The molecule has 0 aromatic heterocycles. The quantitative estimate of drug-likeness (QED) is 0.688. The Hall–Kier alpha value is -2.62. The second-order valence-electron chi connectivity index (χ2n) is 7.96. The number of carbonyl (C=O) groups excluding carboxylic acids is 2. The molecule has 2 N–H and O–H groups in total. The number of nitrogens with zero attached hydrogens (tertiary/aromatic N) is 1. The van der Waals surface area contributed by atoms with Crippen molar-refractivity contribution in [1.82, 2.24) is 9.62 Å². The molecule has 4 rings (SSSR count). The number of hydrogen-bond donors (Lipinski definition) is 2. The number of hydrogen-bond acceptors (Lipinski definition) is 5. The SMILES string of the molecule is CC(=O)Nc1ccc(S(=O)(=O)N2CCC(NC(=O)C3Cc4cc(Cl)ccc4O3)CC2)cc1. The van der Waals surface area contributed by atoms with Crippen LogP contribution in [0.15, 0.2) is 47.4 Å². The number of fused-ring (bicyclic) bond motifs is 1. The standard InChI is InChI=1S/C22H24ClN3O5S/c1-14(27)24-17-3-5-19(6-4-17)32(29,30)26-10-8-18(9-11-26)25-22(28)21-13-15-12-16(23)2-7-20(15)31-21/h2-7,12,18,21H,8-11,13H2,1H3,(H,24,27)(H,25,28). The predicted octanol–water partition coefficient (Wildman–Crippen LogP) is 2.57. The lowest BCUT2D eigenvalue weighted by atomic mass is 10.1. The smallest absolute Gasteiger partial charge is 0.261 e. The van der Waals surface area contributed by atoms with Gasteiger partial charge in [-0.05, 0) is 60.9 Å². The topological polar surface area (TPSA) is 105 Å². The van der Waals surface area contributed by atoms with Gasteiger partial charge in [-0.1, -0.05) is 11.6 Å². The van der Waals surface area contributed by atoms with E-state index in [1.165, 1.54) is 23.4 Å². The van der Waals surface area contributed by atoms with Gasteiger partial charge in [0, 0.05) is 43.2 Å². The summed E-state index contributed by atoms with van der Waals surface area (Å²) in [7, 11) is -3.64. The molecule has 1 fully saturated rings. The highest BCUT2D eigenvalue weighted by atomic mass is 35.5. The number of amides is 2. The van der Waals surface area contributed by atoms with Gasteiger partial charge in [0.15, 0.2) is 6.10 Å². The number of piperidine rings is 1. The first kappa shape index (κ1) is 22.6. The first-order valence-electron chi connectivity index (χ1n) is 10.4. The van der Waals surface area contributed by atoms with Crippen LogP contribution in [0.2, 0.25) is 5.02 Å². The van der Waals surface area contributed by atoms with Crippen LogP contribution in [0, 0.1) is 0 Å². The molecule has 10 heteroatoms. The van der Waals surface area contributed by atoms with Crippen molar-refractivity contribution in [2.24, 2.45) is 0 Å². The Morgan fingerprint density at radius 1 is 1.09 bits per heavy atom. The zero-order valence-corrected chi connectivity index (χ0v) is 19.1. The molecule has 2 aromatic rings. The molecule has 1 atom stereocenters. The zero-order valence-electron chi connectivity index (χ0n) is 17.5. The van der Waals surface area contributed by atoms with E-state index in [0.29, 0.717) is 48.8 Å². The fourth-order valence-electron chi connectivity index (χ4n) is 3.96. The number of benzene rings is 2. The third kappa shape index (κ3) is 4.90. The summed E-state index contributed by atoms with van der Waals surface area (Å²) in [4.78, 5) is 23.9. The van der Waals surface area contributed by atoms with Gasteiger partial charge in [-0.2, -0.15) is 4.31 Å². The molecule has 8 nitrogen and oxygen atoms in total. The average molecular weight is 478 g/mol. The molecule has 0 radical (unpaired) electrons. The highest BCUT2D eigenvalue weighted by Crippen LogP contribution is 2.31. The lowest BCUT2D eigenvalue weighted by molar-refractivity contribution is -0.128. The molecule has 2 aromatic carbocycles. The molecule has 2 amide bonds. The Morgan fingerprint density at radius 2 is 1.78 bits per heavy atom. The first-order valence-corrected chi connectivity index (χ1v) is 12.2. The monoisotopic (exact) mass is 477 g/mol. The van der Waals surface area contributed by atoms with Crippen molar-refractivity contribution in [2.45, 2.75) is 43.2 Å². The van der Waals surface area contributed by atoms with E-state index >= 15 is 0 Å². The summed E-state index contributed by atoms with van der Waals surface area (Å²) in [5.41, 5.74) is 1.44. The Balaban J connectivity index is 1.31. The first-order chi connectivity index (χ1) is 15.2. The predicted molar refractivity (Wildman–Crippen MR) is 120 cm³/mol. The van der Waals surface area contributed by atoms with E-state index in [0.717, 1.165) is 5.56 Å². The maximum Gasteiger partial charge on any atom is 0.261 e. The third-order valence-electron chi connectivity index (χ3n) is 5.60. The minimum atomic E-state index is -3.64. The summed E-state index contributed by atoms with van der Waals surface area (Å²) < 4.78 is 33.0. The van der Waals surface area contributed by atoms with Gasteiger partial charge in [0.1, 0.15) is 5.75 Å². The van der Waals surface area contributed by atoms with Crippen molar-refractivity contribution in [3.63, 3.8) is 0 Å². The van der Waals surface area contributed by atoms with Gasteiger partial charge in [-0.3, -0.25) is 9.59 Å². The third-order valence-corrected chi connectivity index (χ3v) is 7.75. The van der Waals surface area contributed by atoms with E-state index in [2.05, 4.69) is 10.6 Å². The molecule has 1 saturated heterocycles.